The summed E-state index contributed by atoms with van der Waals surface area (Å²) in [6, 6.07) is 3.50. The van der Waals surface area contributed by atoms with Crippen molar-refractivity contribution in [2.45, 2.75) is 25.4 Å². The maximum Gasteiger partial charge on any atom is 0.244 e. The Kier molecular flexibility index (Phi) is 6.02. The Morgan fingerprint density at radius 1 is 1.38 bits per heavy atom. The van der Waals surface area contributed by atoms with Crippen molar-refractivity contribution in [3.63, 3.8) is 0 Å². The van der Waals surface area contributed by atoms with Crippen LogP contribution in [0.25, 0.3) is 6.08 Å². The largest absolute Gasteiger partial charge is 0.465 e. The molecule has 1 fully saturated rings. The summed E-state index contributed by atoms with van der Waals surface area (Å²) in [7, 11) is 0. The van der Waals surface area contributed by atoms with Crippen LogP contribution in [0.5, 0.6) is 0 Å². The average Bonchev–Trinajstić information content (AvgIpc) is 3.16. The van der Waals surface area contributed by atoms with Gasteiger partial charge in [-0.25, -0.2) is 0 Å². The highest BCUT2D eigenvalue weighted by atomic mass is 16.5. The molecule has 0 bridgehead atoms. The smallest absolute Gasteiger partial charge is 0.244 e. The Bertz CT molecular complexity index is 476. The molecule has 0 saturated carbocycles. The molecule has 2 N–H and O–H groups in total. The van der Waals surface area contributed by atoms with Crippen LogP contribution in [-0.2, 0) is 14.3 Å². The number of nitrogens with one attached hydrogen (secondary N) is 2. The van der Waals surface area contributed by atoms with Gasteiger partial charge in [0.25, 0.3) is 0 Å². The fourth-order valence-electron chi connectivity index (χ4n) is 2.02. The molecule has 6 nitrogen and oxygen atoms in total. The van der Waals surface area contributed by atoms with Gasteiger partial charge in [-0.05, 0) is 31.1 Å². The maximum absolute atomic E-state index is 11.6. The first kappa shape index (κ1) is 15.3. The number of rotatable bonds is 7. The lowest BCUT2D eigenvalue weighted by molar-refractivity contribution is -0.121. The van der Waals surface area contributed by atoms with Gasteiger partial charge in [-0.3, -0.25) is 9.59 Å². The Morgan fingerprint density at radius 3 is 3.00 bits per heavy atom. The fourth-order valence-corrected chi connectivity index (χ4v) is 2.02. The predicted molar refractivity (Wildman–Crippen MR) is 77.4 cm³/mol. The highest BCUT2D eigenvalue weighted by Gasteiger charge is 2.15. The minimum absolute atomic E-state index is 0.0826. The summed E-state index contributed by atoms with van der Waals surface area (Å²) >= 11 is 0. The van der Waals surface area contributed by atoms with E-state index >= 15 is 0 Å². The van der Waals surface area contributed by atoms with Gasteiger partial charge < -0.3 is 19.8 Å². The Morgan fingerprint density at radius 2 is 2.29 bits per heavy atom. The third-order valence-electron chi connectivity index (χ3n) is 3.14. The maximum atomic E-state index is 11.6. The van der Waals surface area contributed by atoms with Gasteiger partial charge in [0.2, 0.25) is 11.8 Å². The molecule has 1 atom stereocenters. The van der Waals surface area contributed by atoms with E-state index in [0.717, 1.165) is 19.4 Å². The van der Waals surface area contributed by atoms with Gasteiger partial charge in [-0.15, -0.1) is 0 Å². The second kappa shape index (κ2) is 8.26. The summed E-state index contributed by atoms with van der Waals surface area (Å²) in [6.07, 6.45) is 6.94. The first-order valence-electron chi connectivity index (χ1n) is 7.12. The van der Waals surface area contributed by atoms with Crippen molar-refractivity contribution in [1.29, 1.82) is 0 Å². The van der Waals surface area contributed by atoms with E-state index in [2.05, 4.69) is 10.6 Å². The fraction of sp³-hybridized carbons (Fsp3) is 0.467. The van der Waals surface area contributed by atoms with E-state index in [1.807, 2.05) is 0 Å². The van der Waals surface area contributed by atoms with E-state index in [1.165, 1.54) is 12.3 Å². The molecule has 0 aliphatic carbocycles. The number of carbonyl (C=O) groups is 2. The molecule has 1 aliphatic rings. The lowest BCUT2D eigenvalue weighted by atomic mass is 10.2. The number of hydrogen-bond donors (Lipinski definition) is 2. The molecule has 2 amide bonds. The number of amides is 2. The second-order valence-electron chi connectivity index (χ2n) is 4.83. The van der Waals surface area contributed by atoms with E-state index in [-0.39, 0.29) is 24.3 Å². The summed E-state index contributed by atoms with van der Waals surface area (Å²) in [4.78, 5) is 23.1. The molecule has 1 aliphatic heterocycles. The zero-order chi connectivity index (χ0) is 14.9. The lowest BCUT2D eigenvalue weighted by Gasteiger charge is -2.10. The van der Waals surface area contributed by atoms with Crippen LogP contribution in [0.4, 0.5) is 0 Å². The molecule has 114 valence electrons. The van der Waals surface area contributed by atoms with Gasteiger partial charge in [-0.1, -0.05) is 0 Å². The molecular formula is C15H20N2O4. The predicted octanol–water partition coefficient (Wildman–Crippen LogP) is 1.09. The zero-order valence-electron chi connectivity index (χ0n) is 11.8. The van der Waals surface area contributed by atoms with Gasteiger partial charge in [0, 0.05) is 32.2 Å². The molecule has 1 unspecified atom stereocenters. The van der Waals surface area contributed by atoms with Crippen molar-refractivity contribution in [2.24, 2.45) is 0 Å². The quantitative estimate of drug-likeness (QED) is 0.737. The summed E-state index contributed by atoms with van der Waals surface area (Å²) in [5, 5.41) is 5.45. The van der Waals surface area contributed by atoms with Crippen LogP contribution in [0.3, 0.4) is 0 Å². The Balaban J connectivity index is 1.55. The molecular weight excluding hydrogens is 272 g/mol. The van der Waals surface area contributed by atoms with Crippen molar-refractivity contribution in [2.75, 3.05) is 19.7 Å². The molecule has 2 rings (SSSR count). The van der Waals surface area contributed by atoms with Gasteiger partial charge in [0.05, 0.1) is 12.4 Å². The normalized spacial score (nSPS) is 18.0. The average molecular weight is 292 g/mol. The summed E-state index contributed by atoms with van der Waals surface area (Å²) in [5.41, 5.74) is 0. The van der Waals surface area contributed by atoms with E-state index in [1.54, 1.807) is 18.2 Å². The summed E-state index contributed by atoms with van der Waals surface area (Å²) in [6.45, 7) is 1.63. The van der Waals surface area contributed by atoms with Crippen molar-refractivity contribution in [3.05, 3.63) is 30.2 Å². The topological polar surface area (TPSA) is 80.6 Å². The SMILES string of the molecule is O=C(/C=C/c1ccco1)NCCC(=O)NCC1CCCO1. The molecule has 1 saturated heterocycles. The van der Waals surface area contributed by atoms with Crippen LogP contribution in [0.1, 0.15) is 25.0 Å². The molecule has 1 aromatic rings. The number of furan rings is 1. The monoisotopic (exact) mass is 292 g/mol. The van der Waals surface area contributed by atoms with Crippen molar-refractivity contribution in [1.82, 2.24) is 10.6 Å². The molecule has 0 radical (unpaired) electrons. The first-order valence-corrected chi connectivity index (χ1v) is 7.12. The number of ether oxygens (including phenoxy) is 1. The second-order valence-corrected chi connectivity index (χ2v) is 4.83. The van der Waals surface area contributed by atoms with Gasteiger partial charge >= 0.3 is 0 Å². The molecule has 0 aromatic carbocycles. The minimum atomic E-state index is -0.252. The van der Waals surface area contributed by atoms with E-state index in [9.17, 15) is 9.59 Å². The molecule has 0 spiro atoms. The third-order valence-corrected chi connectivity index (χ3v) is 3.14. The lowest BCUT2D eigenvalue weighted by Crippen LogP contribution is -2.34. The van der Waals surface area contributed by atoms with Crippen LogP contribution in [0.15, 0.2) is 28.9 Å². The third kappa shape index (κ3) is 5.83. The van der Waals surface area contributed by atoms with Crippen LogP contribution in [-0.4, -0.2) is 37.6 Å². The van der Waals surface area contributed by atoms with E-state index in [4.69, 9.17) is 9.15 Å². The van der Waals surface area contributed by atoms with Gasteiger partial charge in [0.1, 0.15) is 5.76 Å². The Labute approximate surface area is 123 Å². The van der Waals surface area contributed by atoms with Crippen LogP contribution in [0, 0.1) is 0 Å². The van der Waals surface area contributed by atoms with E-state index < -0.39 is 0 Å². The summed E-state index contributed by atoms with van der Waals surface area (Å²) in [5.74, 6) is 0.276. The van der Waals surface area contributed by atoms with Crippen molar-refractivity contribution < 1.29 is 18.7 Å². The minimum Gasteiger partial charge on any atom is -0.465 e. The number of carbonyl (C=O) groups excluding carboxylic acids is 2. The van der Waals surface area contributed by atoms with Crippen LogP contribution in [0.2, 0.25) is 0 Å². The molecule has 21 heavy (non-hydrogen) atoms. The van der Waals surface area contributed by atoms with Gasteiger partial charge in [-0.2, -0.15) is 0 Å². The van der Waals surface area contributed by atoms with Crippen molar-refractivity contribution in [3.8, 4) is 0 Å². The number of hydrogen-bond acceptors (Lipinski definition) is 4. The highest BCUT2D eigenvalue weighted by molar-refractivity contribution is 5.91. The van der Waals surface area contributed by atoms with E-state index in [0.29, 0.717) is 18.8 Å². The van der Waals surface area contributed by atoms with Gasteiger partial charge in [0.15, 0.2) is 0 Å². The highest BCUT2D eigenvalue weighted by Crippen LogP contribution is 2.10. The summed E-state index contributed by atoms with van der Waals surface area (Å²) < 4.78 is 10.5. The van der Waals surface area contributed by atoms with Crippen LogP contribution < -0.4 is 10.6 Å². The Hall–Kier alpha value is -2.08. The molecule has 6 heteroatoms. The molecule has 1 aromatic heterocycles. The zero-order valence-corrected chi connectivity index (χ0v) is 11.8. The first-order chi connectivity index (χ1) is 10.2. The standard InChI is InChI=1S/C15H20N2O4/c18-14(6-5-12-3-1-9-20-12)16-8-7-15(19)17-11-13-4-2-10-21-13/h1,3,5-6,9,13H,2,4,7-8,10-11H2,(H,16,18)(H,17,19)/b6-5+. The molecule has 2 heterocycles. The van der Waals surface area contributed by atoms with Crippen molar-refractivity contribution >= 4 is 17.9 Å². The van der Waals surface area contributed by atoms with Crippen LogP contribution >= 0.6 is 0 Å².